The molecule has 5 heteroatoms. The quantitative estimate of drug-likeness (QED) is 0.760. The lowest BCUT2D eigenvalue weighted by molar-refractivity contribution is 0.0914. The summed E-state index contributed by atoms with van der Waals surface area (Å²) in [5.74, 6) is 0.889. The average Bonchev–Trinajstić information content (AvgIpc) is 3.09. The van der Waals surface area contributed by atoms with Crippen molar-refractivity contribution in [3.63, 3.8) is 0 Å². The Morgan fingerprint density at radius 3 is 2.52 bits per heavy atom. The Balaban J connectivity index is 1.82. The second-order valence-corrected chi connectivity index (χ2v) is 6.39. The van der Waals surface area contributed by atoms with Crippen LogP contribution in [-0.4, -0.2) is 16.0 Å². The number of amides is 1. The summed E-state index contributed by atoms with van der Waals surface area (Å²) in [4.78, 5) is 17.0. The fourth-order valence-corrected chi connectivity index (χ4v) is 2.59. The van der Waals surface area contributed by atoms with Crippen molar-refractivity contribution < 1.29 is 9.32 Å². The molecule has 0 radical (unpaired) electrons. The lowest BCUT2D eigenvalue weighted by Crippen LogP contribution is -2.32. The lowest BCUT2D eigenvalue weighted by atomic mass is 10.0. The molecule has 3 aromatic rings. The Morgan fingerprint density at radius 1 is 1.08 bits per heavy atom. The van der Waals surface area contributed by atoms with E-state index in [4.69, 9.17) is 4.52 Å². The zero-order chi connectivity index (χ0) is 17.8. The van der Waals surface area contributed by atoms with Crippen molar-refractivity contribution in [3.8, 4) is 11.4 Å². The van der Waals surface area contributed by atoms with E-state index in [-0.39, 0.29) is 17.9 Å². The first-order valence-corrected chi connectivity index (χ1v) is 8.31. The number of aromatic nitrogens is 2. The van der Waals surface area contributed by atoms with Gasteiger partial charge in [0.15, 0.2) is 0 Å². The van der Waals surface area contributed by atoms with Crippen LogP contribution in [-0.2, 0) is 0 Å². The second kappa shape index (κ2) is 7.30. The van der Waals surface area contributed by atoms with Gasteiger partial charge < -0.3 is 9.84 Å². The SMILES string of the molecule is Cc1cccc(C(=O)NC(c2nc(-c3ccccc3)no2)C(C)C)c1. The minimum Gasteiger partial charge on any atom is -0.340 e. The molecule has 128 valence electrons. The van der Waals surface area contributed by atoms with Crippen LogP contribution in [0.5, 0.6) is 0 Å². The third kappa shape index (κ3) is 3.94. The molecular weight excluding hydrogens is 314 g/mol. The van der Waals surface area contributed by atoms with Gasteiger partial charge in [0.2, 0.25) is 11.7 Å². The van der Waals surface area contributed by atoms with Gasteiger partial charge in [-0.25, -0.2) is 0 Å². The van der Waals surface area contributed by atoms with Crippen LogP contribution in [0.15, 0.2) is 59.1 Å². The zero-order valence-corrected chi connectivity index (χ0v) is 14.6. The van der Waals surface area contributed by atoms with Crippen LogP contribution in [0.1, 0.15) is 41.7 Å². The van der Waals surface area contributed by atoms with Gasteiger partial charge in [0.25, 0.3) is 5.91 Å². The fraction of sp³-hybridized carbons (Fsp3) is 0.250. The summed E-state index contributed by atoms with van der Waals surface area (Å²) in [6.45, 7) is 5.97. The van der Waals surface area contributed by atoms with E-state index in [0.29, 0.717) is 17.3 Å². The minimum atomic E-state index is -0.349. The summed E-state index contributed by atoms with van der Waals surface area (Å²) in [5.41, 5.74) is 2.54. The Labute approximate surface area is 147 Å². The van der Waals surface area contributed by atoms with E-state index in [1.165, 1.54) is 0 Å². The van der Waals surface area contributed by atoms with Crippen LogP contribution in [0.3, 0.4) is 0 Å². The normalized spacial score (nSPS) is 12.2. The van der Waals surface area contributed by atoms with Crippen LogP contribution >= 0.6 is 0 Å². The van der Waals surface area contributed by atoms with E-state index in [2.05, 4.69) is 15.5 Å². The average molecular weight is 335 g/mol. The van der Waals surface area contributed by atoms with E-state index in [0.717, 1.165) is 11.1 Å². The first-order valence-electron chi connectivity index (χ1n) is 8.31. The molecule has 0 aliphatic carbocycles. The Hall–Kier alpha value is -2.95. The first kappa shape index (κ1) is 16.9. The molecule has 0 fully saturated rings. The molecule has 1 atom stereocenters. The molecule has 3 rings (SSSR count). The van der Waals surface area contributed by atoms with Crippen LogP contribution in [0.4, 0.5) is 0 Å². The van der Waals surface area contributed by atoms with Gasteiger partial charge in [-0.1, -0.05) is 67.0 Å². The third-order valence-electron chi connectivity index (χ3n) is 3.97. The van der Waals surface area contributed by atoms with Crippen LogP contribution < -0.4 is 5.32 Å². The van der Waals surface area contributed by atoms with Gasteiger partial charge in [-0.2, -0.15) is 4.98 Å². The number of hydrogen-bond donors (Lipinski definition) is 1. The van der Waals surface area contributed by atoms with E-state index < -0.39 is 0 Å². The number of benzene rings is 2. The summed E-state index contributed by atoms with van der Waals surface area (Å²) in [7, 11) is 0. The van der Waals surface area contributed by atoms with Crippen molar-refractivity contribution in [2.75, 3.05) is 0 Å². The number of aryl methyl sites for hydroxylation is 1. The second-order valence-electron chi connectivity index (χ2n) is 6.39. The lowest BCUT2D eigenvalue weighted by Gasteiger charge is -2.18. The highest BCUT2D eigenvalue weighted by Crippen LogP contribution is 2.24. The predicted octanol–water partition coefficient (Wildman–Crippen LogP) is 4.17. The summed E-state index contributed by atoms with van der Waals surface area (Å²) in [6.07, 6.45) is 0. The van der Waals surface area contributed by atoms with E-state index >= 15 is 0 Å². The van der Waals surface area contributed by atoms with Gasteiger partial charge in [0.1, 0.15) is 6.04 Å². The Bertz CT molecular complexity index is 856. The molecule has 1 heterocycles. The molecule has 25 heavy (non-hydrogen) atoms. The third-order valence-corrected chi connectivity index (χ3v) is 3.97. The van der Waals surface area contributed by atoms with Crippen LogP contribution in [0.2, 0.25) is 0 Å². The first-order chi connectivity index (χ1) is 12.0. The van der Waals surface area contributed by atoms with Crippen molar-refractivity contribution in [2.45, 2.75) is 26.8 Å². The molecule has 0 aliphatic rings. The Morgan fingerprint density at radius 2 is 1.84 bits per heavy atom. The van der Waals surface area contributed by atoms with Crippen molar-refractivity contribution in [1.82, 2.24) is 15.5 Å². The van der Waals surface area contributed by atoms with Gasteiger partial charge in [0.05, 0.1) is 0 Å². The maximum atomic E-state index is 12.6. The number of carbonyl (C=O) groups is 1. The molecule has 0 aliphatic heterocycles. The summed E-state index contributed by atoms with van der Waals surface area (Å²) in [5, 5.41) is 7.05. The topological polar surface area (TPSA) is 68.0 Å². The number of hydrogen-bond acceptors (Lipinski definition) is 4. The monoisotopic (exact) mass is 335 g/mol. The standard InChI is InChI=1S/C20H21N3O2/c1-13(2)17(21-19(24)16-11-7-8-14(3)12-16)20-22-18(23-25-20)15-9-5-4-6-10-15/h4-13,17H,1-3H3,(H,21,24). The van der Waals surface area contributed by atoms with Gasteiger partial charge in [-0.05, 0) is 25.0 Å². The molecular formula is C20H21N3O2. The summed E-state index contributed by atoms with van der Waals surface area (Å²) >= 11 is 0. The molecule has 1 N–H and O–H groups in total. The number of rotatable bonds is 5. The van der Waals surface area contributed by atoms with E-state index in [1.807, 2.05) is 69.3 Å². The highest BCUT2D eigenvalue weighted by Gasteiger charge is 2.25. The number of nitrogens with zero attached hydrogens (tertiary/aromatic N) is 2. The van der Waals surface area contributed by atoms with Gasteiger partial charge in [0, 0.05) is 11.1 Å². The van der Waals surface area contributed by atoms with Crippen molar-refractivity contribution >= 4 is 5.91 Å². The maximum absolute atomic E-state index is 12.6. The molecule has 0 spiro atoms. The van der Waals surface area contributed by atoms with Crippen LogP contribution in [0.25, 0.3) is 11.4 Å². The van der Waals surface area contributed by atoms with Crippen molar-refractivity contribution in [3.05, 3.63) is 71.6 Å². The van der Waals surface area contributed by atoms with Gasteiger partial charge in [-0.3, -0.25) is 4.79 Å². The minimum absolute atomic E-state index is 0.109. The molecule has 2 aromatic carbocycles. The molecule has 0 saturated heterocycles. The largest absolute Gasteiger partial charge is 0.340 e. The number of carbonyl (C=O) groups excluding carboxylic acids is 1. The van der Waals surface area contributed by atoms with Crippen LogP contribution in [0, 0.1) is 12.8 Å². The molecule has 0 bridgehead atoms. The molecule has 1 unspecified atom stereocenters. The predicted molar refractivity (Wildman–Crippen MR) is 96.0 cm³/mol. The molecule has 0 saturated carbocycles. The zero-order valence-electron chi connectivity index (χ0n) is 14.6. The van der Waals surface area contributed by atoms with E-state index in [9.17, 15) is 4.79 Å². The summed E-state index contributed by atoms with van der Waals surface area (Å²) in [6, 6.07) is 16.8. The van der Waals surface area contributed by atoms with Gasteiger partial charge in [-0.15, -0.1) is 0 Å². The maximum Gasteiger partial charge on any atom is 0.251 e. The Kier molecular flexibility index (Phi) is 4.93. The highest BCUT2D eigenvalue weighted by atomic mass is 16.5. The molecule has 5 nitrogen and oxygen atoms in total. The number of nitrogens with one attached hydrogen (secondary N) is 1. The summed E-state index contributed by atoms with van der Waals surface area (Å²) < 4.78 is 5.43. The van der Waals surface area contributed by atoms with Gasteiger partial charge >= 0.3 is 0 Å². The van der Waals surface area contributed by atoms with Crippen molar-refractivity contribution in [2.24, 2.45) is 5.92 Å². The molecule has 1 amide bonds. The highest BCUT2D eigenvalue weighted by molar-refractivity contribution is 5.94. The smallest absolute Gasteiger partial charge is 0.251 e. The fourth-order valence-electron chi connectivity index (χ4n) is 2.59. The molecule has 1 aromatic heterocycles. The van der Waals surface area contributed by atoms with E-state index in [1.54, 1.807) is 6.07 Å². The van der Waals surface area contributed by atoms with Crippen molar-refractivity contribution in [1.29, 1.82) is 0 Å².